The molecule has 0 saturated carbocycles. The first kappa shape index (κ1) is 11.0. The van der Waals surface area contributed by atoms with Crippen LogP contribution in [0.4, 0.5) is 11.6 Å². The van der Waals surface area contributed by atoms with Crippen LogP contribution in [0.5, 0.6) is 0 Å². The van der Waals surface area contributed by atoms with E-state index in [0.717, 1.165) is 5.69 Å². The first-order valence-corrected chi connectivity index (χ1v) is 4.97. The van der Waals surface area contributed by atoms with Gasteiger partial charge in [0.2, 0.25) is 5.95 Å². The molecule has 0 fully saturated rings. The summed E-state index contributed by atoms with van der Waals surface area (Å²) in [6.45, 7) is 1.80. The Hall–Kier alpha value is -2.50. The summed E-state index contributed by atoms with van der Waals surface area (Å²) in [4.78, 5) is 23.6. The molecule has 6 nitrogen and oxygen atoms in total. The van der Waals surface area contributed by atoms with Gasteiger partial charge < -0.3 is 5.73 Å². The van der Waals surface area contributed by atoms with E-state index < -0.39 is 0 Å². The zero-order chi connectivity index (χ0) is 12.3. The second-order valence-corrected chi connectivity index (χ2v) is 3.44. The minimum absolute atomic E-state index is 0.234. The van der Waals surface area contributed by atoms with Crippen LogP contribution in [-0.2, 0) is 0 Å². The topological polar surface area (TPSA) is 93.8 Å². The zero-order valence-electron chi connectivity index (χ0n) is 9.21. The van der Waals surface area contributed by atoms with Gasteiger partial charge in [0, 0.05) is 30.0 Å². The maximum Gasteiger partial charge on any atom is 0.261 e. The minimum atomic E-state index is -0.374. The van der Waals surface area contributed by atoms with Gasteiger partial charge in [0.25, 0.3) is 5.91 Å². The van der Waals surface area contributed by atoms with Crippen molar-refractivity contribution in [3.05, 3.63) is 42.0 Å². The summed E-state index contributed by atoms with van der Waals surface area (Å²) in [6, 6.07) is 3.30. The van der Waals surface area contributed by atoms with Crippen LogP contribution in [-0.4, -0.2) is 20.9 Å². The molecule has 2 aromatic heterocycles. The average molecular weight is 229 g/mol. The third-order valence-corrected chi connectivity index (χ3v) is 2.11. The standard InChI is InChI=1S/C11H11N5O/c1-7-5-9(12)8(6-15-7)10(17)16-11-13-3-2-4-14-11/h2-6H,1H3,(H2,12,15)(H,13,14,16,17). The molecule has 0 aliphatic heterocycles. The van der Waals surface area contributed by atoms with Crippen molar-refractivity contribution in [2.45, 2.75) is 6.92 Å². The number of amides is 1. The molecule has 3 N–H and O–H groups in total. The summed E-state index contributed by atoms with van der Waals surface area (Å²) >= 11 is 0. The predicted octanol–water partition coefficient (Wildman–Crippen LogP) is 1.01. The van der Waals surface area contributed by atoms with E-state index in [4.69, 9.17) is 5.73 Å². The molecule has 0 aliphatic carbocycles. The number of carbonyl (C=O) groups is 1. The summed E-state index contributed by atoms with van der Waals surface area (Å²) in [5.41, 5.74) is 7.18. The smallest absolute Gasteiger partial charge is 0.261 e. The number of nitrogens with one attached hydrogen (secondary N) is 1. The van der Waals surface area contributed by atoms with E-state index in [1.165, 1.54) is 6.20 Å². The van der Waals surface area contributed by atoms with Crippen LogP contribution in [0.3, 0.4) is 0 Å². The van der Waals surface area contributed by atoms with Crippen molar-refractivity contribution in [1.82, 2.24) is 15.0 Å². The maximum atomic E-state index is 11.8. The number of aryl methyl sites for hydroxylation is 1. The Balaban J connectivity index is 2.21. The lowest BCUT2D eigenvalue weighted by Gasteiger charge is -2.05. The first-order chi connectivity index (χ1) is 8.16. The van der Waals surface area contributed by atoms with Gasteiger partial charge in [-0.3, -0.25) is 15.1 Å². The number of hydrogen-bond donors (Lipinski definition) is 2. The summed E-state index contributed by atoms with van der Waals surface area (Å²) in [6.07, 6.45) is 4.52. The second kappa shape index (κ2) is 4.56. The van der Waals surface area contributed by atoms with Gasteiger partial charge >= 0.3 is 0 Å². The van der Waals surface area contributed by atoms with E-state index in [0.29, 0.717) is 11.3 Å². The van der Waals surface area contributed by atoms with E-state index in [1.54, 1.807) is 31.5 Å². The SMILES string of the molecule is Cc1cc(N)c(C(=O)Nc2ncccn2)cn1. The predicted molar refractivity (Wildman–Crippen MR) is 63.4 cm³/mol. The van der Waals surface area contributed by atoms with Crippen LogP contribution < -0.4 is 11.1 Å². The van der Waals surface area contributed by atoms with Gasteiger partial charge in [0.15, 0.2) is 0 Å². The number of nitrogen functional groups attached to an aromatic ring is 1. The fourth-order valence-corrected chi connectivity index (χ4v) is 1.30. The molecule has 86 valence electrons. The molecule has 0 atom stereocenters. The normalized spacial score (nSPS) is 9.94. The Kier molecular flexibility index (Phi) is 2.95. The summed E-state index contributed by atoms with van der Waals surface area (Å²) in [5.74, 6) is -0.140. The van der Waals surface area contributed by atoms with Crippen LogP contribution in [0.15, 0.2) is 30.7 Å². The summed E-state index contributed by atoms with van der Waals surface area (Å²) in [7, 11) is 0. The molecule has 0 spiro atoms. The molecule has 17 heavy (non-hydrogen) atoms. The molecule has 0 saturated heterocycles. The lowest BCUT2D eigenvalue weighted by atomic mass is 10.2. The average Bonchev–Trinajstić information content (AvgIpc) is 2.30. The Morgan fingerprint density at radius 3 is 2.65 bits per heavy atom. The van der Waals surface area contributed by atoms with Crippen molar-refractivity contribution in [3.8, 4) is 0 Å². The molecule has 0 aliphatic rings. The van der Waals surface area contributed by atoms with Crippen molar-refractivity contribution < 1.29 is 4.79 Å². The fraction of sp³-hybridized carbons (Fsp3) is 0.0909. The van der Waals surface area contributed by atoms with Crippen LogP contribution >= 0.6 is 0 Å². The molecule has 6 heteroatoms. The largest absolute Gasteiger partial charge is 0.398 e. The first-order valence-electron chi connectivity index (χ1n) is 4.97. The molecule has 0 bridgehead atoms. The number of nitrogens with two attached hydrogens (primary N) is 1. The molecule has 0 aromatic carbocycles. The second-order valence-electron chi connectivity index (χ2n) is 3.44. The highest BCUT2D eigenvalue weighted by atomic mass is 16.1. The Bertz CT molecular complexity index is 541. The number of carbonyl (C=O) groups excluding carboxylic acids is 1. The highest BCUT2D eigenvalue weighted by Crippen LogP contribution is 2.12. The highest BCUT2D eigenvalue weighted by molar-refractivity contribution is 6.06. The van der Waals surface area contributed by atoms with Crippen molar-refractivity contribution in [2.24, 2.45) is 0 Å². The van der Waals surface area contributed by atoms with Crippen molar-refractivity contribution in [3.63, 3.8) is 0 Å². The van der Waals surface area contributed by atoms with E-state index in [9.17, 15) is 4.79 Å². The van der Waals surface area contributed by atoms with Crippen LogP contribution in [0.2, 0.25) is 0 Å². The molecule has 2 aromatic rings. The number of rotatable bonds is 2. The fourth-order valence-electron chi connectivity index (χ4n) is 1.30. The molecule has 2 rings (SSSR count). The molecule has 0 unspecified atom stereocenters. The number of nitrogens with zero attached hydrogens (tertiary/aromatic N) is 3. The van der Waals surface area contributed by atoms with Crippen LogP contribution in [0.25, 0.3) is 0 Å². The molecular formula is C11H11N5O. The van der Waals surface area contributed by atoms with Gasteiger partial charge in [-0.25, -0.2) is 9.97 Å². The van der Waals surface area contributed by atoms with Gasteiger partial charge in [-0.05, 0) is 19.1 Å². The van der Waals surface area contributed by atoms with Crippen molar-refractivity contribution >= 4 is 17.5 Å². The molecule has 1 amide bonds. The highest BCUT2D eigenvalue weighted by Gasteiger charge is 2.11. The van der Waals surface area contributed by atoms with Gasteiger partial charge in [-0.2, -0.15) is 0 Å². The minimum Gasteiger partial charge on any atom is -0.398 e. The lowest BCUT2D eigenvalue weighted by Crippen LogP contribution is -2.16. The van der Waals surface area contributed by atoms with E-state index in [1.807, 2.05) is 0 Å². The van der Waals surface area contributed by atoms with E-state index in [2.05, 4.69) is 20.3 Å². The lowest BCUT2D eigenvalue weighted by molar-refractivity contribution is 0.102. The van der Waals surface area contributed by atoms with Crippen molar-refractivity contribution in [1.29, 1.82) is 0 Å². The third kappa shape index (κ3) is 2.54. The Morgan fingerprint density at radius 1 is 1.29 bits per heavy atom. The van der Waals surface area contributed by atoms with Crippen LogP contribution in [0.1, 0.15) is 16.1 Å². The van der Waals surface area contributed by atoms with E-state index in [-0.39, 0.29) is 11.9 Å². The monoisotopic (exact) mass is 229 g/mol. The quantitative estimate of drug-likeness (QED) is 0.801. The molecule has 2 heterocycles. The Morgan fingerprint density at radius 2 is 2.00 bits per heavy atom. The van der Waals surface area contributed by atoms with Crippen LogP contribution in [0, 0.1) is 6.92 Å². The Labute approximate surface area is 97.9 Å². The number of hydrogen-bond acceptors (Lipinski definition) is 5. The molecule has 0 radical (unpaired) electrons. The number of pyridine rings is 1. The zero-order valence-corrected chi connectivity index (χ0v) is 9.21. The van der Waals surface area contributed by atoms with Gasteiger partial charge in [0.1, 0.15) is 0 Å². The van der Waals surface area contributed by atoms with Gasteiger partial charge in [-0.15, -0.1) is 0 Å². The van der Waals surface area contributed by atoms with Gasteiger partial charge in [-0.1, -0.05) is 0 Å². The number of anilines is 2. The van der Waals surface area contributed by atoms with Gasteiger partial charge in [0.05, 0.1) is 5.56 Å². The number of aromatic nitrogens is 3. The van der Waals surface area contributed by atoms with E-state index >= 15 is 0 Å². The third-order valence-electron chi connectivity index (χ3n) is 2.11. The maximum absolute atomic E-state index is 11.8. The summed E-state index contributed by atoms with van der Waals surface area (Å²) in [5, 5.41) is 2.54. The van der Waals surface area contributed by atoms with Crippen molar-refractivity contribution in [2.75, 3.05) is 11.1 Å². The summed E-state index contributed by atoms with van der Waals surface area (Å²) < 4.78 is 0. The molecular weight excluding hydrogens is 218 g/mol.